The molecule has 0 aliphatic carbocycles. The summed E-state index contributed by atoms with van der Waals surface area (Å²) in [6.07, 6.45) is 1.83. The van der Waals surface area contributed by atoms with E-state index in [1.165, 1.54) is 6.07 Å². The number of hydrogen-bond acceptors (Lipinski definition) is 5. The number of ether oxygens (including phenoxy) is 1. The summed E-state index contributed by atoms with van der Waals surface area (Å²) < 4.78 is 19.0. The number of nitrogen functional groups attached to an aromatic ring is 1. The fourth-order valence-corrected chi connectivity index (χ4v) is 3.70. The average Bonchev–Trinajstić information content (AvgIpc) is 2.76. The van der Waals surface area contributed by atoms with Crippen LogP contribution in [-0.4, -0.2) is 24.1 Å². The maximum Gasteiger partial charge on any atom is 0.146 e. The van der Waals surface area contributed by atoms with Gasteiger partial charge in [0.2, 0.25) is 0 Å². The lowest BCUT2D eigenvalue weighted by molar-refractivity contribution is 0.414. The van der Waals surface area contributed by atoms with E-state index in [1.807, 2.05) is 63.5 Å². The SMILES string of the molecule is COc1ccc(CN(C)c2cc3nc(C)c(-c4cc(N)c(F)cc4C)cc3cn2)cc1. The Labute approximate surface area is 181 Å². The highest BCUT2D eigenvalue weighted by molar-refractivity contribution is 5.87. The Kier molecular flexibility index (Phi) is 5.46. The van der Waals surface area contributed by atoms with Crippen molar-refractivity contribution in [3.63, 3.8) is 0 Å². The summed E-state index contributed by atoms with van der Waals surface area (Å²) in [7, 11) is 3.66. The maximum atomic E-state index is 13.8. The zero-order chi connectivity index (χ0) is 22.1. The summed E-state index contributed by atoms with van der Waals surface area (Å²) in [4.78, 5) is 11.5. The fourth-order valence-electron chi connectivity index (χ4n) is 3.70. The first-order valence-corrected chi connectivity index (χ1v) is 10.0. The first-order chi connectivity index (χ1) is 14.9. The molecule has 2 aromatic heterocycles. The molecule has 0 spiro atoms. The van der Waals surface area contributed by atoms with E-state index in [-0.39, 0.29) is 5.69 Å². The van der Waals surface area contributed by atoms with Gasteiger partial charge in [-0.2, -0.15) is 0 Å². The predicted molar refractivity (Wildman–Crippen MR) is 124 cm³/mol. The second kappa shape index (κ2) is 8.22. The lowest BCUT2D eigenvalue weighted by Crippen LogP contribution is -2.17. The Hall–Kier alpha value is -3.67. The summed E-state index contributed by atoms with van der Waals surface area (Å²) >= 11 is 0. The third-order valence-electron chi connectivity index (χ3n) is 5.48. The van der Waals surface area contributed by atoms with Gasteiger partial charge in [0.05, 0.1) is 18.3 Å². The second-order valence-electron chi connectivity index (χ2n) is 7.75. The van der Waals surface area contributed by atoms with Gasteiger partial charge < -0.3 is 15.4 Å². The summed E-state index contributed by atoms with van der Waals surface area (Å²) in [5, 5.41) is 0.921. The van der Waals surface area contributed by atoms with Crippen molar-refractivity contribution in [2.75, 3.05) is 24.8 Å². The molecule has 0 saturated carbocycles. The zero-order valence-corrected chi connectivity index (χ0v) is 18.1. The van der Waals surface area contributed by atoms with Crippen molar-refractivity contribution in [1.29, 1.82) is 0 Å². The number of fused-ring (bicyclic) bond motifs is 1. The molecule has 0 radical (unpaired) electrons. The van der Waals surface area contributed by atoms with Crippen LogP contribution in [0.2, 0.25) is 0 Å². The summed E-state index contributed by atoms with van der Waals surface area (Å²) in [6.45, 7) is 4.54. The van der Waals surface area contributed by atoms with Crippen LogP contribution < -0.4 is 15.4 Å². The van der Waals surface area contributed by atoms with Gasteiger partial charge >= 0.3 is 0 Å². The molecular weight excluding hydrogens is 391 g/mol. The molecule has 0 fully saturated rings. The van der Waals surface area contributed by atoms with Gasteiger partial charge in [-0.25, -0.2) is 9.37 Å². The molecular formula is C25H25FN4O. The van der Waals surface area contributed by atoms with Crippen molar-refractivity contribution in [2.45, 2.75) is 20.4 Å². The van der Waals surface area contributed by atoms with E-state index >= 15 is 0 Å². The molecule has 2 N–H and O–H groups in total. The molecule has 4 rings (SSSR count). The van der Waals surface area contributed by atoms with Gasteiger partial charge in [0.1, 0.15) is 17.4 Å². The number of benzene rings is 2. The normalized spacial score (nSPS) is 11.0. The molecule has 158 valence electrons. The fraction of sp³-hybridized carbons (Fsp3) is 0.200. The molecule has 6 heteroatoms. The molecule has 0 amide bonds. The highest BCUT2D eigenvalue weighted by Gasteiger charge is 2.13. The number of methoxy groups -OCH3 is 1. The highest BCUT2D eigenvalue weighted by atomic mass is 19.1. The minimum atomic E-state index is -0.404. The van der Waals surface area contributed by atoms with Crippen LogP contribution in [0.3, 0.4) is 0 Å². The van der Waals surface area contributed by atoms with Crippen LogP contribution in [0.5, 0.6) is 5.75 Å². The van der Waals surface area contributed by atoms with Gasteiger partial charge in [-0.05, 0) is 60.9 Å². The molecule has 4 aromatic rings. The number of hydrogen-bond donors (Lipinski definition) is 1. The molecule has 0 aliphatic rings. The lowest BCUT2D eigenvalue weighted by Gasteiger charge is -2.19. The highest BCUT2D eigenvalue weighted by Crippen LogP contribution is 2.32. The Morgan fingerprint density at radius 3 is 2.48 bits per heavy atom. The molecule has 0 aliphatic heterocycles. The van der Waals surface area contributed by atoms with Crippen LogP contribution in [0.4, 0.5) is 15.9 Å². The molecule has 0 saturated heterocycles. The van der Waals surface area contributed by atoms with Crippen LogP contribution in [0.25, 0.3) is 22.0 Å². The van der Waals surface area contributed by atoms with Crippen LogP contribution in [0.1, 0.15) is 16.8 Å². The number of pyridine rings is 2. The van der Waals surface area contributed by atoms with Gasteiger partial charge in [0.25, 0.3) is 0 Å². The molecule has 0 unspecified atom stereocenters. The number of aromatic nitrogens is 2. The van der Waals surface area contributed by atoms with Crippen molar-refractivity contribution in [3.05, 3.63) is 77.4 Å². The Morgan fingerprint density at radius 2 is 1.77 bits per heavy atom. The molecule has 5 nitrogen and oxygen atoms in total. The smallest absolute Gasteiger partial charge is 0.146 e. The van der Waals surface area contributed by atoms with E-state index in [2.05, 4.69) is 9.88 Å². The Bertz CT molecular complexity index is 1250. The van der Waals surface area contributed by atoms with Crippen molar-refractivity contribution in [1.82, 2.24) is 9.97 Å². The first-order valence-electron chi connectivity index (χ1n) is 10.0. The van der Waals surface area contributed by atoms with Crippen molar-refractivity contribution in [3.8, 4) is 16.9 Å². The topological polar surface area (TPSA) is 64.3 Å². The number of aryl methyl sites for hydroxylation is 2. The lowest BCUT2D eigenvalue weighted by atomic mass is 9.97. The first kappa shape index (κ1) is 20.6. The number of halogens is 1. The van der Waals surface area contributed by atoms with E-state index in [9.17, 15) is 4.39 Å². The van der Waals surface area contributed by atoms with Crippen molar-refractivity contribution in [2.24, 2.45) is 0 Å². The van der Waals surface area contributed by atoms with Crippen LogP contribution in [0.15, 0.2) is 54.7 Å². The second-order valence-corrected chi connectivity index (χ2v) is 7.75. The van der Waals surface area contributed by atoms with Crippen molar-refractivity contribution >= 4 is 22.4 Å². The minimum Gasteiger partial charge on any atom is -0.497 e. The summed E-state index contributed by atoms with van der Waals surface area (Å²) in [6, 6.07) is 15.2. The molecule has 31 heavy (non-hydrogen) atoms. The Balaban J connectivity index is 1.65. The van der Waals surface area contributed by atoms with E-state index in [4.69, 9.17) is 15.5 Å². The standard InChI is InChI=1S/C25H25FN4O/c1-15-9-22(26)23(27)11-20(15)21-10-18-13-28-25(12-24(18)29-16(21)2)30(3)14-17-5-7-19(31-4)8-6-17/h5-13H,14,27H2,1-4H3. The largest absolute Gasteiger partial charge is 0.497 e. The third-order valence-corrected chi connectivity index (χ3v) is 5.48. The van der Waals surface area contributed by atoms with Crippen LogP contribution >= 0.6 is 0 Å². The van der Waals surface area contributed by atoms with Gasteiger partial charge in [0.15, 0.2) is 0 Å². The predicted octanol–water partition coefficient (Wildman–Crippen LogP) is 5.28. The van der Waals surface area contributed by atoms with E-state index < -0.39 is 5.82 Å². The van der Waals surface area contributed by atoms with E-state index in [0.29, 0.717) is 6.54 Å². The number of nitrogens with two attached hydrogens (primary N) is 1. The van der Waals surface area contributed by atoms with E-state index in [1.54, 1.807) is 13.2 Å². The molecule has 2 aromatic carbocycles. The maximum absolute atomic E-state index is 13.8. The summed E-state index contributed by atoms with van der Waals surface area (Å²) in [5.41, 5.74) is 11.4. The van der Waals surface area contributed by atoms with Gasteiger partial charge in [0, 0.05) is 42.5 Å². The molecule has 2 heterocycles. The van der Waals surface area contributed by atoms with Crippen LogP contribution in [-0.2, 0) is 6.54 Å². The average molecular weight is 417 g/mol. The number of anilines is 2. The van der Waals surface area contributed by atoms with Crippen LogP contribution in [0, 0.1) is 19.7 Å². The molecule has 0 bridgehead atoms. The minimum absolute atomic E-state index is 0.133. The van der Waals surface area contributed by atoms with Crippen molar-refractivity contribution < 1.29 is 9.13 Å². The zero-order valence-electron chi connectivity index (χ0n) is 18.1. The van der Waals surface area contributed by atoms with Gasteiger partial charge in [-0.1, -0.05) is 12.1 Å². The quantitative estimate of drug-likeness (QED) is 0.449. The summed E-state index contributed by atoms with van der Waals surface area (Å²) in [5.74, 6) is 1.27. The number of rotatable bonds is 5. The van der Waals surface area contributed by atoms with Gasteiger partial charge in [-0.15, -0.1) is 0 Å². The monoisotopic (exact) mass is 416 g/mol. The van der Waals surface area contributed by atoms with E-state index in [0.717, 1.165) is 50.4 Å². The third kappa shape index (κ3) is 4.14. The van der Waals surface area contributed by atoms with Gasteiger partial charge in [-0.3, -0.25) is 4.98 Å². The Morgan fingerprint density at radius 1 is 1.03 bits per heavy atom. The number of nitrogens with zero attached hydrogens (tertiary/aromatic N) is 3. The molecule has 0 atom stereocenters.